The number of aliphatic carboxylic acids is 1. The van der Waals surface area contributed by atoms with Gasteiger partial charge in [0, 0.05) is 16.5 Å². The maximum atomic E-state index is 11.9. The number of rotatable bonds is 7. The Morgan fingerprint density at radius 3 is 2.68 bits per heavy atom. The topological polar surface area (TPSA) is 66.4 Å². The largest absolute Gasteiger partial charge is 0.481 e. The van der Waals surface area contributed by atoms with Crippen LogP contribution in [0.15, 0.2) is 18.2 Å². The van der Waals surface area contributed by atoms with Crippen LogP contribution in [0.4, 0.5) is 0 Å². The predicted octanol–water partition coefficient (Wildman–Crippen LogP) is 2.97. The molecule has 2 N–H and O–H groups in total. The predicted molar refractivity (Wildman–Crippen MR) is 82.3 cm³/mol. The van der Waals surface area contributed by atoms with E-state index in [1.807, 2.05) is 25.1 Å². The summed E-state index contributed by atoms with van der Waals surface area (Å²) in [7, 11) is 0. The summed E-state index contributed by atoms with van der Waals surface area (Å²) in [5.74, 6) is -0.829. The van der Waals surface area contributed by atoms with Crippen LogP contribution in [0.25, 0.3) is 0 Å². The van der Waals surface area contributed by atoms with Crippen LogP contribution < -0.4 is 5.32 Å². The molecule has 0 fully saturated rings. The Kier molecular flexibility index (Phi) is 6.83. The minimum Gasteiger partial charge on any atom is -0.481 e. The molecule has 0 aliphatic rings. The summed E-state index contributed by atoms with van der Waals surface area (Å²) in [6.07, 6.45) is 2.48. The highest BCUT2D eigenvalue weighted by Gasteiger charge is 2.09. The average molecular weight is 375 g/mol. The van der Waals surface area contributed by atoms with Gasteiger partial charge in [0.25, 0.3) is 5.91 Å². The van der Waals surface area contributed by atoms with Crippen molar-refractivity contribution in [1.82, 2.24) is 5.32 Å². The number of nitrogens with one attached hydrogen (secondary N) is 1. The van der Waals surface area contributed by atoms with Crippen LogP contribution >= 0.6 is 22.6 Å². The van der Waals surface area contributed by atoms with Gasteiger partial charge in [0.2, 0.25) is 0 Å². The van der Waals surface area contributed by atoms with E-state index < -0.39 is 5.97 Å². The molecule has 0 unspecified atom stereocenters. The number of carboxylic acid groups (broad SMARTS) is 1. The monoisotopic (exact) mass is 375 g/mol. The zero-order chi connectivity index (χ0) is 14.3. The van der Waals surface area contributed by atoms with Crippen molar-refractivity contribution < 1.29 is 14.7 Å². The molecule has 1 amide bonds. The Hall–Kier alpha value is -1.11. The second kappa shape index (κ2) is 8.14. The number of hydrogen-bond donors (Lipinski definition) is 2. The van der Waals surface area contributed by atoms with Crippen molar-refractivity contribution in [3.05, 3.63) is 32.9 Å². The molecular formula is C14H18INO3. The first-order valence-electron chi connectivity index (χ1n) is 6.27. The Morgan fingerprint density at radius 1 is 1.26 bits per heavy atom. The van der Waals surface area contributed by atoms with E-state index in [1.54, 1.807) is 0 Å². The zero-order valence-electron chi connectivity index (χ0n) is 10.9. The third kappa shape index (κ3) is 6.04. The Labute approximate surface area is 126 Å². The first-order chi connectivity index (χ1) is 9.00. The molecule has 0 saturated carbocycles. The van der Waals surface area contributed by atoms with Gasteiger partial charge in [-0.2, -0.15) is 0 Å². The fourth-order valence-corrected chi connectivity index (χ4v) is 2.27. The molecule has 0 aliphatic heterocycles. The SMILES string of the molecule is Cc1ccc(I)c(C(=O)NCCCCCC(=O)O)c1. The molecule has 1 aromatic carbocycles. The highest BCUT2D eigenvalue weighted by molar-refractivity contribution is 14.1. The maximum absolute atomic E-state index is 11.9. The lowest BCUT2D eigenvalue weighted by Crippen LogP contribution is -2.25. The maximum Gasteiger partial charge on any atom is 0.303 e. The van der Waals surface area contributed by atoms with Crippen LogP contribution in [0.2, 0.25) is 0 Å². The number of amides is 1. The zero-order valence-corrected chi connectivity index (χ0v) is 13.1. The Morgan fingerprint density at radius 2 is 2.00 bits per heavy atom. The van der Waals surface area contributed by atoms with Crippen LogP contribution in [0.5, 0.6) is 0 Å². The van der Waals surface area contributed by atoms with E-state index in [0.29, 0.717) is 18.5 Å². The lowest BCUT2D eigenvalue weighted by molar-refractivity contribution is -0.137. The highest BCUT2D eigenvalue weighted by atomic mass is 127. The summed E-state index contributed by atoms with van der Waals surface area (Å²) in [4.78, 5) is 22.3. The Bertz CT molecular complexity index is 460. The lowest BCUT2D eigenvalue weighted by atomic mass is 10.1. The van der Waals surface area contributed by atoms with Crippen molar-refractivity contribution >= 4 is 34.5 Å². The molecule has 0 aromatic heterocycles. The van der Waals surface area contributed by atoms with E-state index in [9.17, 15) is 9.59 Å². The fourth-order valence-electron chi connectivity index (χ4n) is 1.69. The molecule has 104 valence electrons. The second-order valence-electron chi connectivity index (χ2n) is 4.44. The van der Waals surface area contributed by atoms with E-state index in [0.717, 1.165) is 22.0 Å². The number of aryl methyl sites for hydroxylation is 1. The number of benzene rings is 1. The molecule has 0 saturated heterocycles. The number of hydrogen-bond acceptors (Lipinski definition) is 2. The first-order valence-corrected chi connectivity index (χ1v) is 7.34. The van der Waals surface area contributed by atoms with E-state index >= 15 is 0 Å². The number of carbonyl (C=O) groups excluding carboxylic acids is 1. The molecule has 1 rings (SSSR count). The first kappa shape index (κ1) is 15.9. The molecule has 0 bridgehead atoms. The third-order valence-corrected chi connectivity index (χ3v) is 3.66. The van der Waals surface area contributed by atoms with Gasteiger partial charge in [-0.25, -0.2) is 0 Å². The molecular weight excluding hydrogens is 357 g/mol. The van der Waals surface area contributed by atoms with E-state index in [2.05, 4.69) is 27.9 Å². The molecule has 0 atom stereocenters. The van der Waals surface area contributed by atoms with Crippen LogP contribution in [0.1, 0.15) is 41.6 Å². The van der Waals surface area contributed by atoms with Crippen LogP contribution in [-0.2, 0) is 4.79 Å². The summed E-state index contributed by atoms with van der Waals surface area (Å²) in [5.41, 5.74) is 1.76. The third-order valence-electron chi connectivity index (χ3n) is 2.72. The molecule has 0 spiro atoms. The average Bonchev–Trinajstić information content (AvgIpc) is 2.36. The summed E-state index contributed by atoms with van der Waals surface area (Å²) in [6, 6.07) is 5.78. The van der Waals surface area contributed by atoms with E-state index in [4.69, 9.17) is 5.11 Å². The van der Waals surface area contributed by atoms with Crippen LogP contribution in [-0.4, -0.2) is 23.5 Å². The van der Waals surface area contributed by atoms with Crippen molar-refractivity contribution in [2.75, 3.05) is 6.54 Å². The Balaban J connectivity index is 2.31. The van der Waals surface area contributed by atoms with Crippen molar-refractivity contribution in [3.63, 3.8) is 0 Å². The van der Waals surface area contributed by atoms with Gasteiger partial charge in [-0.1, -0.05) is 18.1 Å². The van der Waals surface area contributed by atoms with Gasteiger partial charge in [0.1, 0.15) is 0 Å². The summed E-state index contributed by atoms with van der Waals surface area (Å²) in [6.45, 7) is 2.54. The molecule has 0 heterocycles. The second-order valence-corrected chi connectivity index (χ2v) is 5.61. The quantitative estimate of drug-likeness (QED) is 0.569. The van der Waals surface area contributed by atoms with Gasteiger partial charge in [-0.3, -0.25) is 9.59 Å². The molecule has 4 nitrogen and oxygen atoms in total. The van der Waals surface area contributed by atoms with Gasteiger partial charge >= 0.3 is 5.97 Å². The minimum absolute atomic E-state index is 0.0636. The van der Waals surface area contributed by atoms with Crippen LogP contribution in [0, 0.1) is 10.5 Å². The van der Waals surface area contributed by atoms with Crippen molar-refractivity contribution in [2.45, 2.75) is 32.6 Å². The molecule has 0 aliphatic carbocycles. The van der Waals surface area contributed by atoms with Gasteiger partial charge in [0.05, 0.1) is 5.56 Å². The van der Waals surface area contributed by atoms with Crippen molar-refractivity contribution in [1.29, 1.82) is 0 Å². The summed E-state index contributed by atoms with van der Waals surface area (Å²) < 4.78 is 0.937. The molecule has 19 heavy (non-hydrogen) atoms. The van der Waals surface area contributed by atoms with Crippen LogP contribution in [0.3, 0.4) is 0 Å². The molecule has 1 aromatic rings. The number of carboxylic acids is 1. The van der Waals surface area contributed by atoms with Gasteiger partial charge in [-0.05, 0) is 54.5 Å². The van der Waals surface area contributed by atoms with Crippen molar-refractivity contribution in [2.24, 2.45) is 0 Å². The highest BCUT2D eigenvalue weighted by Crippen LogP contribution is 2.14. The number of unbranched alkanes of at least 4 members (excludes halogenated alkanes) is 2. The standard InChI is InChI=1S/C14H18INO3/c1-10-6-7-12(15)11(9-10)14(19)16-8-4-2-3-5-13(17)18/h6-7,9H,2-5,8H2,1H3,(H,16,19)(H,17,18). The van der Waals surface area contributed by atoms with Gasteiger partial charge in [-0.15, -0.1) is 0 Å². The minimum atomic E-state index is -0.765. The van der Waals surface area contributed by atoms with Crippen molar-refractivity contribution in [3.8, 4) is 0 Å². The summed E-state index contributed by atoms with van der Waals surface area (Å²) >= 11 is 2.15. The van der Waals surface area contributed by atoms with Gasteiger partial charge in [0.15, 0.2) is 0 Å². The fraction of sp³-hybridized carbons (Fsp3) is 0.429. The lowest BCUT2D eigenvalue weighted by Gasteiger charge is -2.07. The normalized spacial score (nSPS) is 10.2. The number of carbonyl (C=O) groups is 2. The molecule has 5 heteroatoms. The molecule has 0 radical (unpaired) electrons. The number of halogens is 1. The van der Waals surface area contributed by atoms with E-state index in [-0.39, 0.29) is 12.3 Å². The van der Waals surface area contributed by atoms with E-state index in [1.165, 1.54) is 0 Å². The summed E-state index contributed by atoms with van der Waals surface area (Å²) in [5, 5.41) is 11.4. The smallest absolute Gasteiger partial charge is 0.303 e. The van der Waals surface area contributed by atoms with Gasteiger partial charge < -0.3 is 10.4 Å².